The van der Waals surface area contributed by atoms with Crippen molar-refractivity contribution in [3.8, 4) is 5.75 Å². The highest BCUT2D eigenvalue weighted by atomic mass is 16.5. The van der Waals surface area contributed by atoms with E-state index >= 15 is 0 Å². The SMILES string of the molecule is COc1ccc(C)cc1C1NCCCC1C(N)=O. The third-order valence-electron chi connectivity index (χ3n) is 3.54. The molecule has 4 nitrogen and oxygen atoms in total. The fraction of sp³-hybridized carbons (Fsp3) is 0.500. The van der Waals surface area contributed by atoms with Crippen LogP contribution >= 0.6 is 0 Å². The molecule has 18 heavy (non-hydrogen) atoms. The summed E-state index contributed by atoms with van der Waals surface area (Å²) in [5.41, 5.74) is 7.69. The lowest BCUT2D eigenvalue weighted by molar-refractivity contribution is -0.123. The number of primary amides is 1. The van der Waals surface area contributed by atoms with E-state index in [9.17, 15) is 4.79 Å². The average molecular weight is 248 g/mol. The van der Waals surface area contributed by atoms with Gasteiger partial charge in [0.2, 0.25) is 5.91 Å². The zero-order chi connectivity index (χ0) is 13.1. The van der Waals surface area contributed by atoms with Crippen LogP contribution in [-0.4, -0.2) is 19.6 Å². The van der Waals surface area contributed by atoms with Crippen LogP contribution in [0.25, 0.3) is 0 Å². The third-order valence-corrected chi connectivity index (χ3v) is 3.54. The summed E-state index contributed by atoms with van der Waals surface area (Å²) in [6.07, 6.45) is 1.82. The number of hydrogen-bond donors (Lipinski definition) is 2. The molecule has 2 atom stereocenters. The Kier molecular flexibility index (Phi) is 3.87. The fourth-order valence-electron chi connectivity index (χ4n) is 2.62. The molecule has 0 saturated carbocycles. The minimum atomic E-state index is -0.240. The van der Waals surface area contributed by atoms with Crippen LogP contribution in [0.1, 0.15) is 30.0 Å². The van der Waals surface area contributed by atoms with Gasteiger partial charge < -0.3 is 15.8 Å². The summed E-state index contributed by atoms with van der Waals surface area (Å²) in [4.78, 5) is 11.6. The largest absolute Gasteiger partial charge is 0.496 e. The molecule has 0 spiro atoms. The van der Waals surface area contributed by atoms with Crippen LogP contribution in [0.2, 0.25) is 0 Å². The third kappa shape index (κ3) is 2.48. The summed E-state index contributed by atoms with van der Waals surface area (Å²) in [6, 6.07) is 5.98. The van der Waals surface area contributed by atoms with E-state index in [1.807, 2.05) is 19.1 Å². The van der Waals surface area contributed by atoms with Crippen molar-refractivity contribution in [1.82, 2.24) is 5.32 Å². The number of ether oxygens (including phenoxy) is 1. The number of nitrogens with one attached hydrogen (secondary N) is 1. The Bertz CT molecular complexity index is 445. The first-order valence-electron chi connectivity index (χ1n) is 6.30. The summed E-state index contributed by atoms with van der Waals surface area (Å²) >= 11 is 0. The molecule has 2 rings (SSSR count). The van der Waals surface area contributed by atoms with Gasteiger partial charge in [0.05, 0.1) is 13.0 Å². The first kappa shape index (κ1) is 12.9. The zero-order valence-corrected chi connectivity index (χ0v) is 10.9. The number of rotatable bonds is 3. The normalized spacial score (nSPS) is 23.7. The molecule has 98 valence electrons. The minimum absolute atomic E-state index is 0.0360. The van der Waals surface area contributed by atoms with Crippen molar-refractivity contribution in [3.63, 3.8) is 0 Å². The van der Waals surface area contributed by atoms with Gasteiger partial charge in [0.1, 0.15) is 5.75 Å². The fourth-order valence-corrected chi connectivity index (χ4v) is 2.62. The maximum Gasteiger partial charge on any atom is 0.222 e. The predicted octanol–water partition coefficient (Wildman–Crippen LogP) is 1.53. The molecule has 0 aliphatic carbocycles. The Morgan fingerprint density at radius 2 is 2.28 bits per heavy atom. The van der Waals surface area contributed by atoms with Gasteiger partial charge in [-0.2, -0.15) is 0 Å². The number of carbonyl (C=O) groups is 1. The lowest BCUT2D eigenvalue weighted by atomic mass is 9.85. The van der Waals surface area contributed by atoms with Crippen LogP contribution in [0.5, 0.6) is 5.75 Å². The molecule has 0 bridgehead atoms. The number of methoxy groups -OCH3 is 1. The van der Waals surface area contributed by atoms with Crippen molar-refractivity contribution in [3.05, 3.63) is 29.3 Å². The van der Waals surface area contributed by atoms with Crippen LogP contribution < -0.4 is 15.8 Å². The monoisotopic (exact) mass is 248 g/mol. The van der Waals surface area contributed by atoms with Gasteiger partial charge in [0, 0.05) is 11.6 Å². The number of amides is 1. The van der Waals surface area contributed by atoms with Crippen molar-refractivity contribution in [2.24, 2.45) is 11.7 Å². The summed E-state index contributed by atoms with van der Waals surface area (Å²) in [6.45, 7) is 2.94. The molecule has 3 N–H and O–H groups in total. The first-order chi connectivity index (χ1) is 8.63. The van der Waals surface area contributed by atoms with Crippen molar-refractivity contribution in [1.29, 1.82) is 0 Å². The number of hydrogen-bond acceptors (Lipinski definition) is 3. The van der Waals surface area contributed by atoms with Crippen LogP contribution in [0.4, 0.5) is 0 Å². The van der Waals surface area contributed by atoms with E-state index < -0.39 is 0 Å². The molecule has 1 fully saturated rings. The molecule has 1 aliphatic heterocycles. The van der Waals surface area contributed by atoms with Crippen LogP contribution in [-0.2, 0) is 4.79 Å². The lowest BCUT2D eigenvalue weighted by Crippen LogP contribution is -2.41. The number of nitrogens with two attached hydrogens (primary N) is 1. The first-order valence-corrected chi connectivity index (χ1v) is 6.30. The van der Waals surface area contributed by atoms with Crippen LogP contribution in [0.3, 0.4) is 0 Å². The van der Waals surface area contributed by atoms with Gasteiger partial charge in [0.15, 0.2) is 0 Å². The van der Waals surface area contributed by atoms with E-state index in [1.165, 1.54) is 0 Å². The average Bonchev–Trinajstić information content (AvgIpc) is 2.38. The van der Waals surface area contributed by atoms with Gasteiger partial charge in [-0.05, 0) is 32.4 Å². The smallest absolute Gasteiger partial charge is 0.222 e. The van der Waals surface area contributed by atoms with Gasteiger partial charge in [-0.25, -0.2) is 0 Å². The molecular weight excluding hydrogens is 228 g/mol. The molecule has 0 radical (unpaired) electrons. The molecule has 2 unspecified atom stereocenters. The summed E-state index contributed by atoms with van der Waals surface area (Å²) in [5.74, 6) is 0.413. The van der Waals surface area contributed by atoms with Crippen molar-refractivity contribution in [2.45, 2.75) is 25.8 Å². The summed E-state index contributed by atoms with van der Waals surface area (Å²) in [5, 5.41) is 3.39. The van der Waals surface area contributed by atoms with Gasteiger partial charge in [-0.1, -0.05) is 17.7 Å². The van der Waals surface area contributed by atoms with E-state index in [1.54, 1.807) is 7.11 Å². The standard InChI is InChI=1S/C14H20N2O2/c1-9-5-6-12(18-2)11(8-9)13-10(14(15)17)4-3-7-16-13/h5-6,8,10,13,16H,3-4,7H2,1-2H3,(H2,15,17). The van der Waals surface area contributed by atoms with Gasteiger partial charge in [0.25, 0.3) is 0 Å². The Hall–Kier alpha value is -1.55. The summed E-state index contributed by atoms with van der Waals surface area (Å²) < 4.78 is 5.39. The molecule has 0 aromatic heterocycles. The maximum atomic E-state index is 11.6. The molecule has 4 heteroatoms. The van der Waals surface area contributed by atoms with Gasteiger partial charge >= 0.3 is 0 Å². The highest BCUT2D eigenvalue weighted by Gasteiger charge is 2.32. The maximum absolute atomic E-state index is 11.6. The molecule has 1 aliphatic rings. The Balaban J connectivity index is 2.38. The van der Waals surface area contributed by atoms with Gasteiger partial charge in [-0.3, -0.25) is 4.79 Å². The number of carbonyl (C=O) groups excluding carboxylic acids is 1. The molecular formula is C14H20N2O2. The Morgan fingerprint density at radius 1 is 1.50 bits per heavy atom. The molecule has 1 amide bonds. The van der Waals surface area contributed by atoms with Crippen molar-refractivity contribution >= 4 is 5.91 Å². The predicted molar refractivity (Wildman–Crippen MR) is 70.4 cm³/mol. The minimum Gasteiger partial charge on any atom is -0.496 e. The second-order valence-electron chi connectivity index (χ2n) is 4.83. The van der Waals surface area contributed by atoms with E-state index in [0.29, 0.717) is 0 Å². The topological polar surface area (TPSA) is 64.3 Å². The number of piperidine rings is 1. The number of aryl methyl sites for hydroxylation is 1. The van der Waals surface area contributed by atoms with E-state index in [2.05, 4.69) is 11.4 Å². The zero-order valence-electron chi connectivity index (χ0n) is 10.9. The number of benzene rings is 1. The Morgan fingerprint density at radius 3 is 2.94 bits per heavy atom. The molecule has 1 aromatic carbocycles. The summed E-state index contributed by atoms with van der Waals surface area (Å²) in [7, 11) is 1.65. The van der Waals surface area contributed by atoms with E-state index in [4.69, 9.17) is 10.5 Å². The van der Waals surface area contributed by atoms with E-state index in [0.717, 1.165) is 36.3 Å². The van der Waals surface area contributed by atoms with Crippen LogP contribution in [0.15, 0.2) is 18.2 Å². The van der Waals surface area contributed by atoms with Crippen LogP contribution in [0, 0.1) is 12.8 Å². The van der Waals surface area contributed by atoms with Gasteiger partial charge in [-0.15, -0.1) is 0 Å². The lowest BCUT2D eigenvalue weighted by Gasteiger charge is -2.32. The highest BCUT2D eigenvalue weighted by molar-refractivity contribution is 5.78. The van der Waals surface area contributed by atoms with E-state index in [-0.39, 0.29) is 17.9 Å². The molecule has 1 saturated heterocycles. The highest BCUT2D eigenvalue weighted by Crippen LogP contribution is 2.35. The second-order valence-corrected chi connectivity index (χ2v) is 4.83. The molecule has 1 heterocycles. The van der Waals surface area contributed by atoms with Crippen molar-refractivity contribution < 1.29 is 9.53 Å². The second kappa shape index (κ2) is 5.40. The quantitative estimate of drug-likeness (QED) is 0.852. The molecule has 1 aromatic rings. The Labute approximate surface area is 108 Å². The van der Waals surface area contributed by atoms with Crippen molar-refractivity contribution in [2.75, 3.05) is 13.7 Å².